The van der Waals surface area contributed by atoms with Gasteiger partial charge in [0.1, 0.15) is 11.6 Å². The normalized spacial score (nSPS) is 11.6. The number of halogens is 2. The Morgan fingerprint density at radius 3 is 2.44 bits per heavy atom. The van der Waals surface area contributed by atoms with Crippen LogP contribution in [0.25, 0.3) is 0 Å². The molecule has 2 aromatic rings. The molecule has 1 atom stereocenters. The van der Waals surface area contributed by atoms with Gasteiger partial charge in [-0.2, -0.15) is 0 Å². The predicted octanol–water partition coefficient (Wildman–Crippen LogP) is 3.69. The number of carbonyl (C=O) groups excluding carboxylic acids is 1. The molecule has 5 nitrogen and oxygen atoms in total. The van der Waals surface area contributed by atoms with Crippen molar-refractivity contribution in [2.24, 2.45) is 0 Å². The van der Waals surface area contributed by atoms with E-state index in [1.807, 2.05) is 6.07 Å². The lowest BCUT2D eigenvalue weighted by molar-refractivity contribution is -0.127. The van der Waals surface area contributed by atoms with Crippen molar-refractivity contribution < 1.29 is 23.4 Å². The molecule has 0 bridgehead atoms. The minimum Gasteiger partial charge on any atom is -0.493 e. The van der Waals surface area contributed by atoms with Crippen LogP contribution < -0.4 is 19.5 Å². The van der Waals surface area contributed by atoms with E-state index in [-0.39, 0.29) is 11.7 Å². The Bertz CT molecular complexity index is 754. The van der Waals surface area contributed by atoms with Gasteiger partial charge in [-0.25, -0.2) is 4.39 Å². The van der Waals surface area contributed by atoms with Crippen molar-refractivity contribution in [3.05, 3.63) is 52.3 Å². The Morgan fingerprint density at radius 1 is 1.12 bits per heavy atom. The molecule has 25 heavy (non-hydrogen) atoms. The lowest BCUT2D eigenvalue weighted by Crippen LogP contribution is -2.36. The lowest BCUT2D eigenvalue weighted by Gasteiger charge is -2.16. The molecule has 0 saturated carbocycles. The fourth-order valence-electron chi connectivity index (χ4n) is 2.14. The minimum absolute atomic E-state index is 0.286. The summed E-state index contributed by atoms with van der Waals surface area (Å²) in [6.07, 6.45) is -0.734. The second kappa shape index (κ2) is 8.71. The number of hydrogen-bond donors (Lipinski definition) is 1. The van der Waals surface area contributed by atoms with Crippen molar-refractivity contribution in [2.75, 3.05) is 14.2 Å². The highest BCUT2D eigenvalue weighted by molar-refractivity contribution is 9.10. The molecule has 1 unspecified atom stereocenters. The van der Waals surface area contributed by atoms with Gasteiger partial charge in [-0.05, 0) is 58.7 Å². The van der Waals surface area contributed by atoms with Crippen molar-refractivity contribution in [3.8, 4) is 17.2 Å². The topological polar surface area (TPSA) is 56.8 Å². The van der Waals surface area contributed by atoms with Crippen LogP contribution in [-0.2, 0) is 11.3 Å². The maximum atomic E-state index is 13.1. The van der Waals surface area contributed by atoms with Gasteiger partial charge in [0.2, 0.25) is 0 Å². The Balaban J connectivity index is 1.95. The van der Waals surface area contributed by atoms with E-state index in [0.29, 0.717) is 28.3 Å². The molecule has 2 aromatic carbocycles. The van der Waals surface area contributed by atoms with Crippen LogP contribution in [0.2, 0.25) is 0 Å². The third kappa shape index (κ3) is 5.09. The fourth-order valence-corrected chi connectivity index (χ4v) is 2.58. The highest BCUT2D eigenvalue weighted by Gasteiger charge is 2.16. The van der Waals surface area contributed by atoms with Crippen molar-refractivity contribution in [2.45, 2.75) is 19.6 Å². The zero-order valence-electron chi connectivity index (χ0n) is 14.1. The van der Waals surface area contributed by atoms with E-state index in [1.165, 1.54) is 18.2 Å². The summed E-state index contributed by atoms with van der Waals surface area (Å²) in [5.41, 5.74) is 0.862. The highest BCUT2D eigenvalue weighted by atomic mass is 79.9. The number of methoxy groups -OCH3 is 2. The van der Waals surface area contributed by atoms with Crippen LogP contribution in [0.1, 0.15) is 12.5 Å². The first-order valence-electron chi connectivity index (χ1n) is 7.55. The Kier molecular flexibility index (Phi) is 6.64. The molecule has 7 heteroatoms. The predicted molar refractivity (Wildman–Crippen MR) is 95.6 cm³/mol. The maximum Gasteiger partial charge on any atom is 0.261 e. The molecule has 0 spiro atoms. The van der Waals surface area contributed by atoms with Gasteiger partial charge in [-0.3, -0.25) is 4.79 Å². The average Bonchev–Trinajstić information content (AvgIpc) is 2.61. The van der Waals surface area contributed by atoms with Gasteiger partial charge in [0, 0.05) is 6.54 Å². The second-order valence-electron chi connectivity index (χ2n) is 5.24. The molecule has 2 rings (SSSR count). The molecule has 0 heterocycles. The molecule has 0 radical (unpaired) electrons. The van der Waals surface area contributed by atoms with Crippen LogP contribution in [0, 0.1) is 5.82 Å². The fraction of sp³-hybridized carbons (Fsp3) is 0.278. The zero-order chi connectivity index (χ0) is 18.4. The molecule has 0 fully saturated rings. The first-order chi connectivity index (χ1) is 11.9. The molecule has 0 aromatic heterocycles. The number of rotatable bonds is 7. The number of benzene rings is 2. The van der Waals surface area contributed by atoms with Crippen LogP contribution >= 0.6 is 15.9 Å². The SMILES string of the molecule is COc1ccc(CNC(=O)C(C)Oc2ccc(F)cc2Br)cc1OC. The van der Waals surface area contributed by atoms with Gasteiger partial charge in [0.25, 0.3) is 5.91 Å². The summed E-state index contributed by atoms with van der Waals surface area (Å²) in [5.74, 6) is 0.940. The minimum atomic E-state index is -0.734. The molecule has 0 aliphatic heterocycles. The molecule has 0 saturated heterocycles. The first-order valence-corrected chi connectivity index (χ1v) is 8.34. The first kappa shape index (κ1) is 19.1. The summed E-state index contributed by atoms with van der Waals surface area (Å²) in [4.78, 5) is 12.2. The highest BCUT2D eigenvalue weighted by Crippen LogP contribution is 2.28. The Morgan fingerprint density at radius 2 is 1.80 bits per heavy atom. The number of amides is 1. The van der Waals surface area contributed by atoms with Crippen molar-refractivity contribution >= 4 is 21.8 Å². The van der Waals surface area contributed by atoms with Gasteiger partial charge < -0.3 is 19.5 Å². The molecule has 1 amide bonds. The third-order valence-corrected chi connectivity index (χ3v) is 4.10. The maximum absolute atomic E-state index is 13.1. The monoisotopic (exact) mass is 411 g/mol. The number of carbonyl (C=O) groups is 1. The third-order valence-electron chi connectivity index (χ3n) is 3.48. The number of hydrogen-bond acceptors (Lipinski definition) is 4. The largest absolute Gasteiger partial charge is 0.493 e. The molecular formula is C18H19BrFNO4. The summed E-state index contributed by atoms with van der Waals surface area (Å²) in [5, 5.41) is 2.79. The van der Waals surface area contributed by atoms with Crippen LogP contribution in [-0.4, -0.2) is 26.2 Å². The van der Waals surface area contributed by atoms with Crippen LogP contribution in [0.15, 0.2) is 40.9 Å². The molecule has 134 valence electrons. The summed E-state index contributed by atoms with van der Waals surface area (Å²) in [6, 6.07) is 9.43. The van der Waals surface area contributed by atoms with E-state index in [4.69, 9.17) is 14.2 Å². The zero-order valence-corrected chi connectivity index (χ0v) is 15.7. The summed E-state index contributed by atoms with van der Waals surface area (Å²) < 4.78 is 29.5. The van der Waals surface area contributed by atoms with Gasteiger partial charge in [0.15, 0.2) is 17.6 Å². The molecule has 0 aliphatic carbocycles. The van der Waals surface area contributed by atoms with Crippen LogP contribution in [0.3, 0.4) is 0 Å². The van der Waals surface area contributed by atoms with Crippen LogP contribution in [0.4, 0.5) is 4.39 Å². The number of ether oxygens (including phenoxy) is 3. The number of nitrogens with one attached hydrogen (secondary N) is 1. The molecule has 0 aliphatic rings. The van der Waals surface area contributed by atoms with Gasteiger partial charge in [-0.1, -0.05) is 6.07 Å². The Hall–Kier alpha value is -2.28. The van der Waals surface area contributed by atoms with Gasteiger partial charge >= 0.3 is 0 Å². The van der Waals surface area contributed by atoms with Crippen molar-refractivity contribution in [1.82, 2.24) is 5.32 Å². The quantitative estimate of drug-likeness (QED) is 0.754. The van der Waals surface area contributed by atoms with Crippen molar-refractivity contribution in [3.63, 3.8) is 0 Å². The van der Waals surface area contributed by atoms with Crippen LogP contribution in [0.5, 0.6) is 17.2 Å². The van der Waals surface area contributed by atoms with Gasteiger partial charge in [-0.15, -0.1) is 0 Å². The average molecular weight is 412 g/mol. The van der Waals surface area contributed by atoms with Crippen molar-refractivity contribution in [1.29, 1.82) is 0 Å². The summed E-state index contributed by atoms with van der Waals surface area (Å²) in [6.45, 7) is 1.94. The smallest absolute Gasteiger partial charge is 0.261 e. The van der Waals surface area contributed by atoms with E-state index >= 15 is 0 Å². The van der Waals surface area contributed by atoms with E-state index in [2.05, 4.69) is 21.2 Å². The summed E-state index contributed by atoms with van der Waals surface area (Å²) in [7, 11) is 3.11. The van der Waals surface area contributed by atoms with E-state index < -0.39 is 6.10 Å². The summed E-state index contributed by atoms with van der Waals surface area (Å²) >= 11 is 3.21. The lowest BCUT2D eigenvalue weighted by atomic mass is 10.2. The Labute approximate surface area is 154 Å². The molecule has 1 N–H and O–H groups in total. The van der Waals surface area contributed by atoms with Gasteiger partial charge in [0.05, 0.1) is 18.7 Å². The van der Waals surface area contributed by atoms with E-state index in [0.717, 1.165) is 5.56 Å². The van der Waals surface area contributed by atoms with E-state index in [9.17, 15) is 9.18 Å². The van der Waals surface area contributed by atoms with E-state index in [1.54, 1.807) is 33.3 Å². The standard InChI is InChI=1S/C18H19BrFNO4/c1-11(25-15-7-5-13(20)9-14(15)19)18(22)21-10-12-4-6-16(23-2)17(8-12)24-3/h4-9,11H,10H2,1-3H3,(H,21,22). The molecular weight excluding hydrogens is 393 g/mol. The second-order valence-corrected chi connectivity index (χ2v) is 6.10.